The SMILES string of the molecule is CCc1ccc([C@H]2CC(=O)NC(SCc3ccccc3)=C2C#N)cc1. The average Bonchev–Trinajstić information content (AvgIpc) is 2.66. The van der Waals surface area contributed by atoms with E-state index in [4.69, 9.17) is 0 Å². The van der Waals surface area contributed by atoms with E-state index in [1.54, 1.807) is 0 Å². The summed E-state index contributed by atoms with van der Waals surface area (Å²) in [5, 5.41) is 13.3. The van der Waals surface area contributed by atoms with Crippen molar-refractivity contribution in [2.75, 3.05) is 0 Å². The first kappa shape index (κ1) is 17.3. The second kappa shape index (κ2) is 8.04. The van der Waals surface area contributed by atoms with Gasteiger partial charge < -0.3 is 5.32 Å². The van der Waals surface area contributed by atoms with Crippen LogP contribution in [0.3, 0.4) is 0 Å². The fourth-order valence-electron chi connectivity index (χ4n) is 2.93. The summed E-state index contributed by atoms with van der Waals surface area (Å²) in [6, 6.07) is 20.6. The topological polar surface area (TPSA) is 52.9 Å². The molecule has 2 aromatic rings. The van der Waals surface area contributed by atoms with E-state index in [1.165, 1.54) is 22.9 Å². The van der Waals surface area contributed by atoms with E-state index in [0.29, 0.717) is 17.0 Å². The van der Waals surface area contributed by atoms with Crippen molar-refractivity contribution in [3.8, 4) is 6.07 Å². The van der Waals surface area contributed by atoms with Gasteiger partial charge in [0.15, 0.2) is 0 Å². The third kappa shape index (κ3) is 4.12. The normalized spacial score (nSPS) is 17.1. The summed E-state index contributed by atoms with van der Waals surface area (Å²) in [6.45, 7) is 2.11. The zero-order valence-corrected chi connectivity index (χ0v) is 15.0. The summed E-state index contributed by atoms with van der Waals surface area (Å²) < 4.78 is 0. The van der Waals surface area contributed by atoms with Crippen LogP contribution < -0.4 is 5.32 Å². The van der Waals surface area contributed by atoms with Crippen LogP contribution >= 0.6 is 11.8 Å². The fraction of sp³-hybridized carbons (Fsp3) is 0.238. The Bertz CT molecular complexity index is 819. The Morgan fingerprint density at radius 1 is 1.12 bits per heavy atom. The highest BCUT2D eigenvalue weighted by molar-refractivity contribution is 8.02. The predicted octanol–water partition coefficient (Wildman–Crippen LogP) is 4.52. The van der Waals surface area contributed by atoms with E-state index in [-0.39, 0.29) is 11.8 Å². The number of amides is 1. The number of aryl methyl sites for hydroxylation is 1. The zero-order chi connectivity index (χ0) is 17.6. The molecule has 25 heavy (non-hydrogen) atoms. The number of nitrogens with zero attached hydrogens (tertiary/aromatic N) is 1. The maximum atomic E-state index is 12.2. The highest BCUT2D eigenvalue weighted by Gasteiger charge is 2.29. The lowest BCUT2D eigenvalue weighted by Gasteiger charge is -2.25. The molecule has 0 fully saturated rings. The first-order valence-electron chi connectivity index (χ1n) is 8.41. The number of nitriles is 1. The van der Waals surface area contributed by atoms with Crippen LogP contribution in [0, 0.1) is 11.3 Å². The molecule has 0 saturated carbocycles. The van der Waals surface area contributed by atoms with Gasteiger partial charge in [0, 0.05) is 18.1 Å². The first-order chi connectivity index (χ1) is 12.2. The molecule has 1 aliphatic rings. The number of rotatable bonds is 5. The standard InChI is InChI=1S/C21H20N2OS/c1-2-15-8-10-17(11-9-15)18-12-20(24)23-21(19(18)13-22)25-14-16-6-4-3-5-7-16/h3-11,18H,2,12,14H2,1H3,(H,23,24)/t18-/m1/s1. The van der Waals surface area contributed by atoms with Crippen LogP contribution in [0.15, 0.2) is 65.2 Å². The van der Waals surface area contributed by atoms with E-state index in [0.717, 1.165) is 17.7 Å². The van der Waals surface area contributed by atoms with Crippen LogP contribution in [-0.2, 0) is 17.0 Å². The van der Waals surface area contributed by atoms with E-state index in [1.807, 2.05) is 42.5 Å². The Morgan fingerprint density at radius 2 is 1.84 bits per heavy atom. The van der Waals surface area contributed by atoms with Crippen molar-refractivity contribution in [3.63, 3.8) is 0 Å². The molecule has 1 amide bonds. The molecule has 1 N–H and O–H groups in total. The molecular weight excluding hydrogens is 328 g/mol. The number of allylic oxidation sites excluding steroid dienone is 1. The van der Waals surface area contributed by atoms with Crippen molar-refractivity contribution in [1.29, 1.82) is 5.26 Å². The molecular formula is C21H20N2OS. The van der Waals surface area contributed by atoms with Crippen molar-refractivity contribution in [1.82, 2.24) is 5.32 Å². The second-order valence-electron chi connectivity index (χ2n) is 6.03. The summed E-state index contributed by atoms with van der Waals surface area (Å²) in [5.41, 5.74) is 4.11. The molecule has 0 aromatic heterocycles. The van der Waals surface area contributed by atoms with Crippen LogP contribution in [0.25, 0.3) is 0 Å². The average molecular weight is 348 g/mol. The molecule has 0 unspecified atom stereocenters. The number of carbonyl (C=O) groups is 1. The van der Waals surface area contributed by atoms with Gasteiger partial charge in [-0.1, -0.05) is 61.5 Å². The lowest BCUT2D eigenvalue weighted by molar-refractivity contribution is -0.120. The van der Waals surface area contributed by atoms with Gasteiger partial charge in [0.05, 0.1) is 16.7 Å². The quantitative estimate of drug-likeness (QED) is 0.864. The Labute approximate surface area is 152 Å². The third-order valence-electron chi connectivity index (χ3n) is 4.37. The van der Waals surface area contributed by atoms with Crippen LogP contribution in [0.5, 0.6) is 0 Å². The van der Waals surface area contributed by atoms with Gasteiger partial charge >= 0.3 is 0 Å². The minimum absolute atomic E-state index is 0.0286. The molecule has 3 nitrogen and oxygen atoms in total. The molecule has 1 atom stereocenters. The molecule has 2 aromatic carbocycles. The molecule has 0 spiro atoms. The molecule has 0 radical (unpaired) electrons. The molecule has 0 saturated heterocycles. The number of benzene rings is 2. The molecule has 1 aliphatic heterocycles. The summed E-state index contributed by atoms with van der Waals surface area (Å²) in [7, 11) is 0. The predicted molar refractivity (Wildman–Crippen MR) is 102 cm³/mol. The fourth-order valence-corrected chi connectivity index (χ4v) is 3.97. The van der Waals surface area contributed by atoms with E-state index < -0.39 is 0 Å². The van der Waals surface area contributed by atoms with Gasteiger partial charge in [-0.25, -0.2) is 0 Å². The van der Waals surface area contributed by atoms with Crippen LogP contribution in [0.4, 0.5) is 0 Å². The van der Waals surface area contributed by atoms with Crippen molar-refractivity contribution in [2.24, 2.45) is 0 Å². The Morgan fingerprint density at radius 3 is 2.48 bits per heavy atom. The maximum absolute atomic E-state index is 12.2. The second-order valence-corrected chi connectivity index (χ2v) is 7.01. The number of carbonyl (C=O) groups excluding carboxylic acids is 1. The lowest BCUT2D eigenvalue weighted by Crippen LogP contribution is -2.30. The van der Waals surface area contributed by atoms with Crippen molar-refractivity contribution < 1.29 is 4.79 Å². The Hall–Kier alpha value is -2.51. The lowest BCUT2D eigenvalue weighted by atomic mass is 9.86. The van der Waals surface area contributed by atoms with Crippen LogP contribution in [0.1, 0.15) is 36.0 Å². The van der Waals surface area contributed by atoms with Gasteiger partial charge in [-0.05, 0) is 23.1 Å². The van der Waals surface area contributed by atoms with Crippen LogP contribution in [0.2, 0.25) is 0 Å². The minimum atomic E-state index is -0.164. The van der Waals surface area contributed by atoms with Crippen molar-refractivity contribution in [2.45, 2.75) is 31.4 Å². The van der Waals surface area contributed by atoms with E-state index in [9.17, 15) is 10.1 Å². The van der Waals surface area contributed by atoms with E-state index >= 15 is 0 Å². The van der Waals surface area contributed by atoms with Gasteiger partial charge in [-0.2, -0.15) is 5.26 Å². The molecule has 0 aliphatic carbocycles. The molecule has 1 heterocycles. The van der Waals surface area contributed by atoms with Crippen LogP contribution in [-0.4, -0.2) is 5.91 Å². The van der Waals surface area contributed by atoms with Crippen molar-refractivity contribution in [3.05, 3.63) is 81.9 Å². The number of hydrogen-bond acceptors (Lipinski definition) is 3. The first-order valence-corrected chi connectivity index (χ1v) is 9.39. The van der Waals surface area contributed by atoms with E-state index in [2.05, 4.69) is 30.4 Å². The highest BCUT2D eigenvalue weighted by Crippen LogP contribution is 2.36. The highest BCUT2D eigenvalue weighted by atomic mass is 32.2. The van der Waals surface area contributed by atoms with Gasteiger partial charge in [0.2, 0.25) is 5.91 Å². The summed E-state index contributed by atoms with van der Waals surface area (Å²) in [4.78, 5) is 12.2. The number of nitrogens with one attached hydrogen (secondary N) is 1. The molecule has 0 bridgehead atoms. The largest absolute Gasteiger partial charge is 0.320 e. The van der Waals surface area contributed by atoms with Gasteiger partial charge in [0.1, 0.15) is 0 Å². The van der Waals surface area contributed by atoms with Gasteiger partial charge in [-0.3, -0.25) is 4.79 Å². The Kier molecular flexibility index (Phi) is 5.57. The van der Waals surface area contributed by atoms with Gasteiger partial charge in [-0.15, -0.1) is 11.8 Å². The molecule has 3 rings (SSSR count). The monoisotopic (exact) mass is 348 g/mol. The number of thioether (sulfide) groups is 1. The molecule has 4 heteroatoms. The minimum Gasteiger partial charge on any atom is -0.320 e. The summed E-state index contributed by atoms with van der Waals surface area (Å²) in [5.74, 6) is 0.533. The van der Waals surface area contributed by atoms with Gasteiger partial charge in [0.25, 0.3) is 0 Å². The summed E-state index contributed by atoms with van der Waals surface area (Å²) >= 11 is 1.52. The molecule has 126 valence electrons. The summed E-state index contributed by atoms with van der Waals surface area (Å²) in [6.07, 6.45) is 1.30. The number of hydrogen-bond donors (Lipinski definition) is 1. The maximum Gasteiger partial charge on any atom is 0.225 e. The Balaban J connectivity index is 1.87. The van der Waals surface area contributed by atoms with Crippen molar-refractivity contribution >= 4 is 17.7 Å². The smallest absolute Gasteiger partial charge is 0.225 e. The zero-order valence-electron chi connectivity index (χ0n) is 14.2. The third-order valence-corrected chi connectivity index (χ3v) is 5.46.